The minimum Gasteiger partial charge on any atom is -0.512 e. The summed E-state index contributed by atoms with van der Waals surface area (Å²) in [5.41, 5.74) is 5.04. The van der Waals surface area contributed by atoms with Crippen molar-refractivity contribution in [3.63, 3.8) is 0 Å². The molecule has 3 N–H and O–H groups in total. The number of carbonyl (C=O) groups is 1. The van der Waals surface area contributed by atoms with Crippen molar-refractivity contribution < 1.29 is 9.90 Å². The smallest absolute Gasteiger partial charge is 0.252 e. The van der Waals surface area contributed by atoms with Crippen LogP contribution in [0.1, 0.15) is 6.92 Å². The molecule has 3 heteroatoms. The molecule has 11 heavy (non-hydrogen) atoms. The van der Waals surface area contributed by atoms with Gasteiger partial charge in [0.05, 0.1) is 5.57 Å². The molecule has 0 aliphatic heterocycles. The summed E-state index contributed by atoms with van der Waals surface area (Å²) >= 11 is 0. The fourth-order valence-corrected chi connectivity index (χ4v) is 0.545. The van der Waals surface area contributed by atoms with E-state index in [9.17, 15) is 4.79 Å². The number of nitrogens with two attached hydrogens (primary N) is 1. The van der Waals surface area contributed by atoms with E-state index in [1.807, 2.05) is 0 Å². The highest BCUT2D eigenvalue weighted by Crippen LogP contribution is 2.01. The lowest BCUT2D eigenvalue weighted by molar-refractivity contribution is -0.114. The molecule has 0 rings (SSSR count). The van der Waals surface area contributed by atoms with Crippen LogP contribution in [0, 0.1) is 0 Å². The molecule has 0 aliphatic carbocycles. The van der Waals surface area contributed by atoms with Crippen LogP contribution in [0.3, 0.4) is 0 Å². The van der Waals surface area contributed by atoms with Crippen molar-refractivity contribution >= 4 is 5.91 Å². The summed E-state index contributed by atoms with van der Waals surface area (Å²) in [5, 5.41) is 8.90. The van der Waals surface area contributed by atoms with E-state index in [0.717, 1.165) is 0 Å². The molecule has 0 unspecified atom stereocenters. The first-order valence-electron chi connectivity index (χ1n) is 3.08. The van der Waals surface area contributed by atoms with E-state index >= 15 is 0 Å². The van der Waals surface area contributed by atoms with Crippen molar-refractivity contribution in [2.75, 3.05) is 0 Å². The van der Waals surface area contributed by atoms with E-state index in [0.29, 0.717) is 0 Å². The molecule has 3 nitrogen and oxygen atoms in total. The number of aliphatic hydroxyl groups is 1. The average molecular weight is 153 g/mol. The molecule has 0 aromatic carbocycles. The van der Waals surface area contributed by atoms with Gasteiger partial charge in [-0.2, -0.15) is 0 Å². The van der Waals surface area contributed by atoms with Crippen molar-refractivity contribution in [2.45, 2.75) is 6.92 Å². The van der Waals surface area contributed by atoms with Crippen LogP contribution in [0.4, 0.5) is 0 Å². The van der Waals surface area contributed by atoms with Gasteiger partial charge in [-0.05, 0) is 13.0 Å². The highest BCUT2D eigenvalue weighted by molar-refractivity contribution is 5.95. The van der Waals surface area contributed by atoms with E-state index in [1.165, 1.54) is 25.2 Å². The molecule has 0 aromatic rings. The number of aliphatic hydroxyl groups excluding tert-OH is 1. The first-order chi connectivity index (χ1) is 5.09. The fraction of sp³-hybridized carbons (Fsp3) is 0.125. The number of primary amides is 1. The number of allylic oxidation sites excluding steroid dienone is 3. The number of hydrogen-bond acceptors (Lipinski definition) is 2. The number of rotatable bonds is 3. The van der Waals surface area contributed by atoms with Crippen molar-refractivity contribution in [2.24, 2.45) is 5.73 Å². The Morgan fingerprint density at radius 2 is 2.18 bits per heavy atom. The molecular formula is C8H11NO2. The number of hydrogen-bond donors (Lipinski definition) is 2. The van der Waals surface area contributed by atoms with Gasteiger partial charge in [0.25, 0.3) is 5.91 Å². The molecular weight excluding hydrogens is 142 g/mol. The van der Waals surface area contributed by atoms with Gasteiger partial charge in [0.15, 0.2) is 0 Å². The topological polar surface area (TPSA) is 63.3 Å². The molecule has 0 radical (unpaired) electrons. The van der Waals surface area contributed by atoms with Crippen molar-refractivity contribution in [3.05, 3.63) is 36.1 Å². The number of amides is 1. The molecule has 0 fully saturated rings. The van der Waals surface area contributed by atoms with Gasteiger partial charge in [-0.25, -0.2) is 0 Å². The second-order valence-electron chi connectivity index (χ2n) is 1.96. The lowest BCUT2D eigenvalue weighted by atomic mass is 10.2. The van der Waals surface area contributed by atoms with Gasteiger partial charge in [-0.3, -0.25) is 4.79 Å². The second kappa shape index (κ2) is 4.33. The van der Waals surface area contributed by atoms with E-state index < -0.39 is 5.91 Å². The molecule has 0 saturated carbocycles. The van der Waals surface area contributed by atoms with Crippen LogP contribution in [0.2, 0.25) is 0 Å². The molecule has 0 spiro atoms. The van der Waals surface area contributed by atoms with Gasteiger partial charge in [0.2, 0.25) is 0 Å². The predicted octanol–water partition coefficient (Wildman–Crippen LogP) is 1.05. The Hall–Kier alpha value is -1.51. The molecule has 0 heterocycles. The lowest BCUT2D eigenvalue weighted by Crippen LogP contribution is -2.13. The summed E-state index contributed by atoms with van der Waals surface area (Å²) in [4.78, 5) is 10.6. The first kappa shape index (κ1) is 9.49. The van der Waals surface area contributed by atoms with Gasteiger partial charge >= 0.3 is 0 Å². The molecule has 0 aliphatic rings. The summed E-state index contributed by atoms with van der Waals surface area (Å²) in [6.45, 7) is 4.80. The summed E-state index contributed by atoms with van der Waals surface area (Å²) in [6, 6.07) is 0. The Morgan fingerprint density at radius 1 is 1.64 bits per heavy atom. The SMILES string of the molecule is C=C/C=C\C(C(N)=O)=C(C)O. The van der Waals surface area contributed by atoms with Crippen molar-refractivity contribution in [1.82, 2.24) is 0 Å². The maximum absolute atomic E-state index is 10.6. The van der Waals surface area contributed by atoms with E-state index in [4.69, 9.17) is 10.8 Å². The first-order valence-corrected chi connectivity index (χ1v) is 3.08. The van der Waals surface area contributed by atoms with Crippen molar-refractivity contribution in [1.29, 1.82) is 0 Å². The van der Waals surface area contributed by atoms with Crippen LogP contribution in [0.15, 0.2) is 36.1 Å². The lowest BCUT2D eigenvalue weighted by Gasteiger charge is -1.95. The van der Waals surface area contributed by atoms with Crippen LogP contribution in [0.25, 0.3) is 0 Å². The standard InChI is InChI=1S/C8H11NO2/c1-3-4-5-7(6(2)10)8(9)11/h3-5,10H,1H2,2H3,(H2,9,11)/b5-4-,7-6?. The summed E-state index contributed by atoms with van der Waals surface area (Å²) in [5.74, 6) is -0.737. The largest absolute Gasteiger partial charge is 0.512 e. The van der Waals surface area contributed by atoms with Crippen LogP contribution >= 0.6 is 0 Å². The Labute approximate surface area is 65.5 Å². The fourth-order valence-electron chi connectivity index (χ4n) is 0.545. The predicted molar refractivity (Wildman–Crippen MR) is 43.9 cm³/mol. The van der Waals surface area contributed by atoms with E-state index in [1.54, 1.807) is 0 Å². The Balaban J connectivity index is 4.64. The van der Waals surface area contributed by atoms with Gasteiger partial charge < -0.3 is 10.8 Å². The molecule has 0 bridgehead atoms. The summed E-state index contributed by atoms with van der Waals surface area (Å²) in [6.07, 6.45) is 4.43. The van der Waals surface area contributed by atoms with Crippen LogP contribution in [-0.2, 0) is 4.79 Å². The quantitative estimate of drug-likeness (QED) is 0.361. The van der Waals surface area contributed by atoms with Gasteiger partial charge in [-0.15, -0.1) is 0 Å². The third kappa shape index (κ3) is 3.25. The third-order valence-corrected chi connectivity index (χ3v) is 1.05. The minimum atomic E-state index is -0.650. The third-order valence-electron chi connectivity index (χ3n) is 1.05. The Morgan fingerprint density at radius 3 is 2.45 bits per heavy atom. The van der Waals surface area contributed by atoms with Gasteiger partial charge in [0, 0.05) is 0 Å². The summed E-state index contributed by atoms with van der Waals surface area (Å²) < 4.78 is 0. The van der Waals surface area contributed by atoms with Gasteiger partial charge in [-0.1, -0.05) is 18.7 Å². The van der Waals surface area contributed by atoms with E-state index in [-0.39, 0.29) is 11.3 Å². The molecule has 60 valence electrons. The maximum Gasteiger partial charge on any atom is 0.252 e. The molecule has 1 amide bonds. The zero-order valence-electron chi connectivity index (χ0n) is 6.37. The number of carbonyl (C=O) groups excluding carboxylic acids is 1. The van der Waals surface area contributed by atoms with Gasteiger partial charge in [0.1, 0.15) is 5.76 Å². The molecule has 0 aromatic heterocycles. The normalized spacial score (nSPS) is 12.8. The highest BCUT2D eigenvalue weighted by atomic mass is 16.3. The maximum atomic E-state index is 10.6. The Kier molecular flexibility index (Phi) is 3.73. The van der Waals surface area contributed by atoms with Crippen LogP contribution in [0.5, 0.6) is 0 Å². The minimum absolute atomic E-state index is 0.0874. The van der Waals surface area contributed by atoms with E-state index in [2.05, 4.69) is 6.58 Å². The zero-order chi connectivity index (χ0) is 8.85. The van der Waals surface area contributed by atoms with Crippen LogP contribution < -0.4 is 5.73 Å². The monoisotopic (exact) mass is 153 g/mol. The highest BCUT2D eigenvalue weighted by Gasteiger charge is 2.02. The molecule has 0 saturated heterocycles. The van der Waals surface area contributed by atoms with Crippen molar-refractivity contribution in [3.8, 4) is 0 Å². The summed E-state index contributed by atoms with van der Waals surface area (Å²) in [7, 11) is 0. The molecule has 0 atom stereocenters. The van der Waals surface area contributed by atoms with Crippen LogP contribution in [-0.4, -0.2) is 11.0 Å². The second-order valence-corrected chi connectivity index (χ2v) is 1.96. The Bertz CT molecular complexity index is 222. The zero-order valence-corrected chi connectivity index (χ0v) is 6.37. The average Bonchev–Trinajstić information content (AvgIpc) is 1.87.